The lowest BCUT2D eigenvalue weighted by molar-refractivity contribution is 0.0521. The molecule has 1 aliphatic carbocycles. The predicted octanol–water partition coefficient (Wildman–Crippen LogP) is 3.53. The molecule has 0 radical (unpaired) electrons. The Labute approximate surface area is 81.9 Å². The van der Waals surface area contributed by atoms with Gasteiger partial charge >= 0.3 is 0 Å². The van der Waals surface area contributed by atoms with Gasteiger partial charge in [-0.3, -0.25) is 0 Å². The highest BCUT2D eigenvalue weighted by atomic mass is 16.5. The Morgan fingerprint density at radius 3 is 2.00 bits per heavy atom. The Kier molecular flexibility index (Phi) is 3.65. The average Bonchev–Trinajstić information content (AvgIpc) is 2.55. The summed E-state index contributed by atoms with van der Waals surface area (Å²) >= 11 is 0. The number of hydrogen-bond acceptors (Lipinski definition) is 1. The van der Waals surface area contributed by atoms with Gasteiger partial charge in [0.2, 0.25) is 0 Å². The topological polar surface area (TPSA) is 9.23 Å². The summed E-state index contributed by atoms with van der Waals surface area (Å²) in [5, 5.41) is 0. The molecule has 1 atom stereocenters. The third-order valence-electron chi connectivity index (χ3n) is 3.64. The lowest BCUT2D eigenvalue weighted by Crippen LogP contribution is -2.20. The summed E-state index contributed by atoms with van der Waals surface area (Å²) in [4.78, 5) is 0. The van der Waals surface area contributed by atoms with Gasteiger partial charge in [0.15, 0.2) is 0 Å². The molecule has 1 unspecified atom stereocenters. The molecule has 2 rings (SSSR count). The molecule has 1 aliphatic heterocycles. The fourth-order valence-corrected chi connectivity index (χ4v) is 2.83. The van der Waals surface area contributed by atoms with Gasteiger partial charge in [0, 0.05) is 6.61 Å². The largest absolute Gasteiger partial charge is 0.378 e. The first-order valence-electron chi connectivity index (χ1n) is 6.08. The van der Waals surface area contributed by atoms with Gasteiger partial charge in [0.25, 0.3) is 0 Å². The van der Waals surface area contributed by atoms with Gasteiger partial charge < -0.3 is 4.74 Å². The maximum absolute atomic E-state index is 5.79. The molecule has 1 heteroatoms. The fourth-order valence-electron chi connectivity index (χ4n) is 2.83. The molecule has 0 N–H and O–H groups in total. The van der Waals surface area contributed by atoms with Crippen LogP contribution in [-0.4, -0.2) is 12.7 Å². The van der Waals surface area contributed by atoms with Crippen molar-refractivity contribution in [3.63, 3.8) is 0 Å². The van der Waals surface area contributed by atoms with E-state index in [1.54, 1.807) is 0 Å². The number of rotatable bonds is 1. The first-order valence-corrected chi connectivity index (χ1v) is 6.08. The molecular weight excluding hydrogens is 160 g/mol. The van der Waals surface area contributed by atoms with Crippen LogP contribution in [0.1, 0.15) is 57.8 Å². The standard InChI is InChI=1S/C12H22O/c1-2-4-7-11(8-5-3-1)12-9-6-10-13-12/h11-12H,1-10H2. The van der Waals surface area contributed by atoms with Gasteiger partial charge in [-0.2, -0.15) is 0 Å². The summed E-state index contributed by atoms with van der Waals surface area (Å²) in [5.74, 6) is 0.905. The van der Waals surface area contributed by atoms with Crippen LogP contribution in [0.3, 0.4) is 0 Å². The fraction of sp³-hybridized carbons (Fsp3) is 1.00. The third kappa shape index (κ3) is 2.70. The van der Waals surface area contributed by atoms with E-state index in [4.69, 9.17) is 4.74 Å². The summed E-state index contributed by atoms with van der Waals surface area (Å²) in [7, 11) is 0. The molecule has 13 heavy (non-hydrogen) atoms. The minimum atomic E-state index is 0.637. The molecular formula is C12H22O. The Morgan fingerprint density at radius 2 is 1.38 bits per heavy atom. The molecule has 0 bridgehead atoms. The van der Waals surface area contributed by atoms with E-state index in [0.717, 1.165) is 12.5 Å². The first kappa shape index (κ1) is 9.51. The van der Waals surface area contributed by atoms with Crippen molar-refractivity contribution in [2.24, 2.45) is 5.92 Å². The molecule has 1 saturated carbocycles. The van der Waals surface area contributed by atoms with Crippen LogP contribution in [0.5, 0.6) is 0 Å². The van der Waals surface area contributed by atoms with Gasteiger partial charge in [-0.15, -0.1) is 0 Å². The van der Waals surface area contributed by atoms with E-state index in [1.165, 1.54) is 57.8 Å². The number of ether oxygens (including phenoxy) is 1. The Hall–Kier alpha value is -0.0400. The highest BCUT2D eigenvalue weighted by Crippen LogP contribution is 2.30. The average molecular weight is 182 g/mol. The molecule has 0 spiro atoms. The number of hydrogen-bond donors (Lipinski definition) is 0. The van der Waals surface area contributed by atoms with Gasteiger partial charge in [-0.05, 0) is 31.6 Å². The first-order chi connectivity index (χ1) is 6.47. The van der Waals surface area contributed by atoms with Crippen LogP contribution in [0.15, 0.2) is 0 Å². The van der Waals surface area contributed by atoms with Crippen molar-refractivity contribution in [3.05, 3.63) is 0 Å². The second-order valence-corrected chi connectivity index (χ2v) is 4.66. The zero-order valence-electron chi connectivity index (χ0n) is 8.63. The minimum Gasteiger partial charge on any atom is -0.378 e. The van der Waals surface area contributed by atoms with Crippen molar-refractivity contribution >= 4 is 0 Å². The highest BCUT2D eigenvalue weighted by Gasteiger charge is 2.25. The van der Waals surface area contributed by atoms with Crippen LogP contribution >= 0.6 is 0 Å². The van der Waals surface area contributed by atoms with E-state index in [1.807, 2.05) is 0 Å². The molecule has 1 saturated heterocycles. The summed E-state index contributed by atoms with van der Waals surface area (Å²) in [6, 6.07) is 0. The lowest BCUT2D eigenvalue weighted by atomic mass is 9.86. The van der Waals surface area contributed by atoms with Crippen LogP contribution < -0.4 is 0 Å². The van der Waals surface area contributed by atoms with E-state index in [0.29, 0.717) is 6.10 Å². The van der Waals surface area contributed by atoms with E-state index in [-0.39, 0.29) is 0 Å². The molecule has 0 aromatic rings. The van der Waals surface area contributed by atoms with E-state index >= 15 is 0 Å². The van der Waals surface area contributed by atoms with Crippen molar-refractivity contribution in [2.45, 2.75) is 63.9 Å². The zero-order valence-corrected chi connectivity index (χ0v) is 8.63. The Bertz CT molecular complexity index is 130. The van der Waals surface area contributed by atoms with Gasteiger partial charge in [0.05, 0.1) is 6.10 Å². The van der Waals surface area contributed by atoms with Crippen molar-refractivity contribution in [1.82, 2.24) is 0 Å². The van der Waals surface area contributed by atoms with Crippen LogP contribution in [0.2, 0.25) is 0 Å². The predicted molar refractivity (Wildman–Crippen MR) is 54.8 cm³/mol. The van der Waals surface area contributed by atoms with Crippen LogP contribution in [0, 0.1) is 5.92 Å². The Morgan fingerprint density at radius 1 is 0.692 bits per heavy atom. The Balaban J connectivity index is 1.80. The molecule has 0 aromatic carbocycles. The quantitative estimate of drug-likeness (QED) is 0.603. The summed E-state index contributed by atoms with van der Waals surface area (Å²) in [6.07, 6.45) is 13.4. The molecule has 2 aliphatic rings. The van der Waals surface area contributed by atoms with E-state index in [2.05, 4.69) is 0 Å². The third-order valence-corrected chi connectivity index (χ3v) is 3.64. The molecule has 0 aromatic heterocycles. The summed E-state index contributed by atoms with van der Waals surface area (Å²) < 4.78 is 5.79. The zero-order chi connectivity index (χ0) is 8.93. The SMILES string of the molecule is C1CCCC(C2CCCO2)CCC1. The van der Waals surface area contributed by atoms with Gasteiger partial charge in [0.1, 0.15) is 0 Å². The van der Waals surface area contributed by atoms with Gasteiger partial charge in [-0.25, -0.2) is 0 Å². The lowest BCUT2D eigenvalue weighted by Gasteiger charge is -2.24. The summed E-state index contributed by atoms with van der Waals surface area (Å²) in [5.41, 5.74) is 0. The second-order valence-electron chi connectivity index (χ2n) is 4.66. The molecule has 2 fully saturated rings. The molecule has 76 valence electrons. The van der Waals surface area contributed by atoms with E-state index in [9.17, 15) is 0 Å². The van der Waals surface area contributed by atoms with Gasteiger partial charge in [-0.1, -0.05) is 32.1 Å². The van der Waals surface area contributed by atoms with Crippen molar-refractivity contribution in [3.8, 4) is 0 Å². The van der Waals surface area contributed by atoms with Crippen LogP contribution in [0.4, 0.5) is 0 Å². The van der Waals surface area contributed by atoms with E-state index < -0.39 is 0 Å². The maximum atomic E-state index is 5.79. The van der Waals surface area contributed by atoms with Crippen molar-refractivity contribution in [1.29, 1.82) is 0 Å². The maximum Gasteiger partial charge on any atom is 0.0604 e. The molecule has 1 heterocycles. The normalized spacial score (nSPS) is 32.8. The van der Waals surface area contributed by atoms with Crippen LogP contribution in [0.25, 0.3) is 0 Å². The molecule has 0 amide bonds. The second kappa shape index (κ2) is 4.99. The monoisotopic (exact) mass is 182 g/mol. The minimum absolute atomic E-state index is 0.637. The smallest absolute Gasteiger partial charge is 0.0604 e. The highest BCUT2D eigenvalue weighted by molar-refractivity contribution is 4.75. The van der Waals surface area contributed by atoms with Crippen molar-refractivity contribution in [2.75, 3.05) is 6.61 Å². The van der Waals surface area contributed by atoms with Crippen LogP contribution in [-0.2, 0) is 4.74 Å². The van der Waals surface area contributed by atoms with Crippen molar-refractivity contribution < 1.29 is 4.74 Å². The molecule has 1 nitrogen and oxygen atoms in total. The summed E-state index contributed by atoms with van der Waals surface area (Å²) in [6.45, 7) is 1.03.